The summed E-state index contributed by atoms with van der Waals surface area (Å²) in [7, 11) is 1.68. The molecule has 0 fully saturated rings. The Morgan fingerprint density at radius 2 is 2.50 bits per heavy atom. The number of hydrogen-bond donors (Lipinski definition) is 1. The Balaban J connectivity index is 1.76. The van der Waals surface area contributed by atoms with Crippen LogP contribution in [0.2, 0.25) is 0 Å². The molecule has 1 unspecified atom stereocenters. The number of nitrogens with zero attached hydrogens (tertiary/aromatic N) is 2. The molecule has 3 rings (SSSR count). The van der Waals surface area contributed by atoms with Gasteiger partial charge in [0.05, 0.1) is 7.11 Å². The summed E-state index contributed by atoms with van der Waals surface area (Å²) in [5, 5.41) is 5.64. The van der Waals surface area contributed by atoms with Crippen molar-refractivity contribution < 1.29 is 4.74 Å². The van der Waals surface area contributed by atoms with Gasteiger partial charge in [-0.1, -0.05) is 12.2 Å². The van der Waals surface area contributed by atoms with Crippen molar-refractivity contribution in [2.24, 2.45) is 0 Å². The van der Waals surface area contributed by atoms with Crippen LogP contribution in [0.15, 0.2) is 23.7 Å². The molecule has 1 N–H and O–H groups in total. The largest absolute Gasteiger partial charge is 0.480 e. The highest BCUT2D eigenvalue weighted by molar-refractivity contribution is 7.15. The molecule has 5 heteroatoms. The number of thiazole rings is 1. The van der Waals surface area contributed by atoms with Crippen molar-refractivity contribution in [3.8, 4) is 5.88 Å². The highest BCUT2D eigenvalue weighted by Crippen LogP contribution is 2.23. The number of nitrogens with one attached hydrogen (secondary N) is 1. The molecule has 0 aromatic carbocycles. The lowest BCUT2D eigenvalue weighted by Gasteiger charge is -2.19. The van der Waals surface area contributed by atoms with E-state index in [-0.39, 0.29) is 0 Å². The molecule has 0 amide bonds. The van der Waals surface area contributed by atoms with Gasteiger partial charge in [0, 0.05) is 24.2 Å². The van der Waals surface area contributed by atoms with Crippen LogP contribution in [0.3, 0.4) is 0 Å². The first-order chi connectivity index (χ1) is 8.88. The molecule has 0 aliphatic heterocycles. The van der Waals surface area contributed by atoms with Gasteiger partial charge in [0.15, 0.2) is 4.96 Å². The predicted molar refractivity (Wildman–Crippen MR) is 73.2 cm³/mol. The van der Waals surface area contributed by atoms with Gasteiger partial charge >= 0.3 is 0 Å². The molecule has 1 aliphatic carbocycles. The summed E-state index contributed by atoms with van der Waals surface area (Å²) in [5.41, 5.74) is 1.11. The van der Waals surface area contributed by atoms with Gasteiger partial charge in [-0.2, -0.15) is 4.98 Å². The smallest absolute Gasteiger partial charge is 0.237 e. The van der Waals surface area contributed by atoms with Crippen LogP contribution in [0.25, 0.3) is 4.96 Å². The van der Waals surface area contributed by atoms with E-state index in [0.29, 0.717) is 6.04 Å². The second-order valence-corrected chi connectivity index (χ2v) is 5.36. The van der Waals surface area contributed by atoms with Crippen LogP contribution in [0.5, 0.6) is 5.88 Å². The summed E-state index contributed by atoms with van der Waals surface area (Å²) in [6.07, 6.45) is 10.1. The highest BCUT2D eigenvalue weighted by atomic mass is 32.1. The summed E-state index contributed by atoms with van der Waals surface area (Å²) in [5.74, 6) is 0.737. The lowest BCUT2D eigenvalue weighted by atomic mass is 10.0. The minimum absolute atomic E-state index is 0.573. The van der Waals surface area contributed by atoms with Crippen molar-refractivity contribution in [2.75, 3.05) is 7.11 Å². The Bertz CT molecular complexity index is 558. The minimum atomic E-state index is 0.573. The van der Waals surface area contributed by atoms with Crippen LogP contribution < -0.4 is 10.1 Å². The van der Waals surface area contributed by atoms with Crippen LogP contribution in [-0.4, -0.2) is 22.5 Å². The number of rotatable bonds is 4. The van der Waals surface area contributed by atoms with Crippen LogP contribution in [0.4, 0.5) is 0 Å². The molecule has 2 aromatic heterocycles. The molecule has 0 saturated heterocycles. The molecule has 96 valence electrons. The molecule has 2 aromatic rings. The Morgan fingerprint density at radius 3 is 3.28 bits per heavy atom. The summed E-state index contributed by atoms with van der Waals surface area (Å²) < 4.78 is 7.46. The van der Waals surface area contributed by atoms with Crippen molar-refractivity contribution in [1.29, 1.82) is 0 Å². The average Bonchev–Trinajstić information content (AvgIpc) is 2.98. The summed E-state index contributed by atoms with van der Waals surface area (Å²) in [6, 6.07) is 0.573. The number of hydrogen-bond acceptors (Lipinski definition) is 4. The first-order valence-corrected chi connectivity index (χ1v) is 7.13. The van der Waals surface area contributed by atoms with E-state index >= 15 is 0 Å². The van der Waals surface area contributed by atoms with Crippen molar-refractivity contribution >= 4 is 16.3 Å². The fraction of sp³-hybridized carbons (Fsp3) is 0.462. The van der Waals surface area contributed by atoms with Gasteiger partial charge in [-0.25, -0.2) is 0 Å². The van der Waals surface area contributed by atoms with E-state index in [9.17, 15) is 0 Å². The van der Waals surface area contributed by atoms with E-state index in [1.54, 1.807) is 18.4 Å². The van der Waals surface area contributed by atoms with E-state index in [0.717, 1.165) is 29.5 Å². The molecule has 1 atom stereocenters. The number of fused-ring (bicyclic) bond motifs is 1. The summed E-state index contributed by atoms with van der Waals surface area (Å²) >= 11 is 1.63. The lowest BCUT2D eigenvalue weighted by molar-refractivity contribution is 0.388. The third-order valence-electron chi connectivity index (χ3n) is 3.34. The monoisotopic (exact) mass is 263 g/mol. The van der Waals surface area contributed by atoms with Crippen molar-refractivity contribution in [3.63, 3.8) is 0 Å². The molecular formula is C13H17N3OS. The Kier molecular flexibility index (Phi) is 3.34. The third-order valence-corrected chi connectivity index (χ3v) is 4.10. The van der Waals surface area contributed by atoms with E-state index in [1.807, 2.05) is 6.20 Å². The van der Waals surface area contributed by atoms with E-state index in [2.05, 4.69) is 32.2 Å². The first-order valence-electron chi connectivity index (χ1n) is 6.25. The number of imidazole rings is 1. The summed E-state index contributed by atoms with van der Waals surface area (Å²) in [6.45, 7) is 0.805. The van der Waals surface area contributed by atoms with Crippen LogP contribution in [-0.2, 0) is 6.54 Å². The van der Waals surface area contributed by atoms with Crippen molar-refractivity contribution in [1.82, 2.24) is 14.7 Å². The second kappa shape index (κ2) is 5.12. The fourth-order valence-corrected chi connectivity index (χ4v) is 3.08. The number of allylic oxidation sites excluding steroid dienone is 1. The molecule has 1 aliphatic rings. The molecule has 0 bridgehead atoms. The third kappa shape index (κ3) is 2.15. The van der Waals surface area contributed by atoms with Crippen LogP contribution >= 0.6 is 11.3 Å². The van der Waals surface area contributed by atoms with E-state index in [4.69, 9.17) is 4.74 Å². The molecular weight excluding hydrogens is 246 g/mol. The Labute approximate surface area is 110 Å². The van der Waals surface area contributed by atoms with Crippen molar-refractivity contribution in [3.05, 3.63) is 29.4 Å². The quantitative estimate of drug-likeness (QED) is 0.862. The normalized spacial score (nSPS) is 19.5. The van der Waals surface area contributed by atoms with E-state index < -0.39 is 0 Å². The standard InChI is InChI=1S/C13H17N3OS/c1-17-12-11(16-7-8-18-13(16)15-12)9-14-10-5-3-2-4-6-10/h2-3,7-8,10,14H,4-6,9H2,1H3. The average molecular weight is 263 g/mol. The van der Waals surface area contributed by atoms with Crippen LogP contribution in [0.1, 0.15) is 25.0 Å². The number of methoxy groups -OCH3 is 1. The van der Waals surface area contributed by atoms with Gasteiger partial charge < -0.3 is 10.1 Å². The molecule has 4 nitrogen and oxygen atoms in total. The zero-order chi connectivity index (χ0) is 12.4. The lowest BCUT2D eigenvalue weighted by Crippen LogP contribution is -2.29. The molecule has 0 spiro atoms. The predicted octanol–water partition coefficient (Wildman–Crippen LogP) is 2.60. The van der Waals surface area contributed by atoms with Gasteiger partial charge in [0.25, 0.3) is 0 Å². The maximum Gasteiger partial charge on any atom is 0.237 e. The van der Waals surface area contributed by atoms with Gasteiger partial charge in [-0.05, 0) is 19.3 Å². The summed E-state index contributed by atoms with van der Waals surface area (Å²) in [4.78, 5) is 5.45. The zero-order valence-electron chi connectivity index (χ0n) is 10.4. The SMILES string of the molecule is COc1nc2sccn2c1CNC1CC=CCC1. The maximum absolute atomic E-state index is 5.35. The second-order valence-electron chi connectivity index (χ2n) is 4.49. The fourth-order valence-electron chi connectivity index (χ4n) is 2.36. The highest BCUT2D eigenvalue weighted by Gasteiger charge is 2.15. The van der Waals surface area contributed by atoms with Crippen molar-refractivity contribution in [2.45, 2.75) is 31.8 Å². The van der Waals surface area contributed by atoms with E-state index in [1.165, 1.54) is 12.8 Å². The molecule has 2 heterocycles. The Morgan fingerprint density at radius 1 is 1.56 bits per heavy atom. The van der Waals surface area contributed by atoms with Gasteiger partial charge in [0.1, 0.15) is 5.69 Å². The van der Waals surface area contributed by atoms with Crippen LogP contribution in [0, 0.1) is 0 Å². The molecule has 18 heavy (non-hydrogen) atoms. The minimum Gasteiger partial charge on any atom is -0.480 e. The molecule has 0 radical (unpaired) electrons. The zero-order valence-corrected chi connectivity index (χ0v) is 11.2. The Hall–Kier alpha value is -1.33. The number of ether oxygens (including phenoxy) is 1. The van der Waals surface area contributed by atoms with Gasteiger partial charge in [0.2, 0.25) is 5.88 Å². The van der Waals surface area contributed by atoms with Gasteiger partial charge in [-0.15, -0.1) is 11.3 Å². The maximum atomic E-state index is 5.35. The molecule has 0 saturated carbocycles. The topological polar surface area (TPSA) is 38.6 Å². The van der Waals surface area contributed by atoms with Gasteiger partial charge in [-0.3, -0.25) is 4.40 Å². The number of aromatic nitrogens is 2. The first kappa shape index (κ1) is 11.7.